The molecule has 2 aromatic rings. The Hall–Kier alpha value is -1.82. The summed E-state index contributed by atoms with van der Waals surface area (Å²) < 4.78 is 1.83. The average Bonchev–Trinajstić information content (AvgIpc) is 3.01. The van der Waals surface area contributed by atoms with Crippen molar-refractivity contribution in [2.75, 3.05) is 4.90 Å². The molecule has 21 heavy (non-hydrogen) atoms. The molecule has 0 aliphatic carbocycles. The number of carbonyl (C=O) groups is 1. The highest BCUT2D eigenvalue weighted by molar-refractivity contribution is 8.00. The van der Waals surface area contributed by atoms with Crippen molar-refractivity contribution in [1.29, 1.82) is 0 Å². The van der Waals surface area contributed by atoms with E-state index in [9.17, 15) is 4.79 Å². The van der Waals surface area contributed by atoms with Gasteiger partial charge in [-0.25, -0.2) is 0 Å². The van der Waals surface area contributed by atoms with Crippen molar-refractivity contribution in [3.8, 4) is 0 Å². The fraction of sp³-hybridized carbons (Fsp3) is 0.400. The van der Waals surface area contributed by atoms with Gasteiger partial charge in [0, 0.05) is 18.8 Å². The van der Waals surface area contributed by atoms with Crippen LogP contribution < -0.4 is 4.90 Å². The lowest BCUT2D eigenvalue weighted by Gasteiger charge is -2.25. The van der Waals surface area contributed by atoms with Crippen LogP contribution in [-0.2, 0) is 18.3 Å². The highest BCUT2D eigenvalue weighted by atomic mass is 32.2. The number of hydrogen-bond donors (Lipinski definition) is 0. The second kappa shape index (κ2) is 5.52. The second-order valence-electron chi connectivity index (χ2n) is 5.37. The van der Waals surface area contributed by atoms with Crippen LogP contribution in [0.3, 0.4) is 0 Å². The number of aryl methyl sites for hydroxylation is 1. The molecule has 1 aliphatic heterocycles. The van der Waals surface area contributed by atoms with Crippen LogP contribution in [0, 0.1) is 0 Å². The molecule has 0 saturated heterocycles. The van der Waals surface area contributed by atoms with E-state index in [1.165, 1.54) is 17.3 Å². The minimum absolute atomic E-state index is 0.125. The number of amides is 1. The van der Waals surface area contributed by atoms with Crippen LogP contribution in [0.5, 0.6) is 0 Å². The molecule has 1 aromatic carbocycles. The van der Waals surface area contributed by atoms with Gasteiger partial charge in [0.25, 0.3) is 0 Å². The van der Waals surface area contributed by atoms with Gasteiger partial charge in [0.1, 0.15) is 6.33 Å². The first kappa shape index (κ1) is 14.1. The summed E-state index contributed by atoms with van der Waals surface area (Å²) in [5.74, 6) is 0.125. The topological polar surface area (TPSA) is 51.0 Å². The van der Waals surface area contributed by atoms with E-state index in [1.807, 2.05) is 41.6 Å². The first-order chi connectivity index (χ1) is 10.1. The Balaban J connectivity index is 1.80. The molecule has 2 heterocycles. The van der Waals surface area contributed by atoms with Crippen molar-refractivity contribution in [1.82, 2.24) is 14.8 Å². The molecule has 1 aromatic heterocycles. The van der Waals surface area contributed by atoms with Gasteiger partial charge in [-0.2, -0.15) is 0 Å². The number of para-hydroxylation sites is 1. The number of carbonyl (C=O) groups excluding carboxylic acids is 1. The Kier molecular flexibility index (Phi) is 3.71. The molecule has 0 N–H and O–H groups in total. The van der Waals surface area contributed by atoms with Crippen molar-refractivity contribution in [3.05, 3.63) is 36.2 Å². The fourth-order valence-corrected chi connectivity index (χ4v) is 3.52. The minimum Gasteiger partial charge on any atom is -0.312 e. The van der Waals surface area contributed by atoms with Crippen molar-refractivity contribution >= 4 is 23.4 Å². The largest absolute Gasteiger partial charge is 0.312 e. The molecule has 6 heteroatoms. The van der Waals surface area contributed by atoms with Gasteiger partial charge in [-0.05, 0) is 31.9 Å². The summed E-state index contributed by atoms with van der Waals surface area (Å²) in [5.41, 5.74) is 2.29. The Morgan fingerprint density at radius 1 is 1.43 bits per heavy atom. The van der Waals surface area contributed by atoms with E-state index in [0.717, 1.165) is 17.3 Å². The van der Waals surface area contributed by atoms with Crippen LogP contribution in [0.4, 0.5) is 5.69 Å². The van der Waals surface area contributed by atoms with Crippen LogP contribution in [0.15, 0.2) is 35.7 Å². The number of benzene rings is 1. The number of nitrogens with zero attached hydrogens (tertiary/aromatic N) is 4. The molecule has 1 amide bonds. The van der Waals surface area contributed by atoms with Crippen LogP contribution in [0.25, 0.3) is 0 Å². The Morgan fingerprint density at radius 3 is 2.90 bits per heavy atom. The van der Waals surface area contributed by atoms with E-state index in [1.54, 1.807) is 6.33 Å². The smallest absolute Gasteiger partial charge is 0.240 e. The van der Waals surface area contributed by atoms with Crippen LogP contribution in [-0.4, -0.2) is 32.0 Å². The Morgan fingerprint density at radius 2 is 2.19 bits per heavy atom. The Labute approximate surface area is 128 Å². The second-order valence-corrected chi connectivity index (χ2v) is 6.68. The summed E-state index contributed by atoms with van der Waals surface area (Å²) in [6.45, 7) is 4.02. The monoisotopic (exact) mass is 302 g/mol. The van der Waals surface area contributed by atoms with Gasteiger partial charge < -0.3 is 9.47 Å². The third-order valence-electron chi connectivity index (χ3n) is 3.74. The van der Waals surface area contributed by atoms with Crippen LogP contribution in [0.1, 0.15) is 19.4 Å². The summed E-state index contributed by atoms with van der Waals surface area (Å²) in [4.78, 5) is 14.7. The number of rotatable bonds is 3. The maximum atomic E-state index is 12.8. The van der Waals surface area contributed by atoms with Crippen molar-refractivity contribution < 1.29 is 4.79 Å². The van der Waals surface area contributed by atoms with E-state index in [4.69, 9.17) is 0 Å². The van der Waals surface area contributed by atoms with E-state index >= 15 is 0 Å². The highest BCUT2D eigenvalue weighted by Gasteiger charge is 2.33. The highest BCUT2D eigenvalue weighted by Crippen LogP contribution is 2.34. The van der Waals surface area contributed by atoms with Gasteiger partial charge >= 0.3 is 0 Å². The summed E-state index contributed by atoms with van der Waals surface area (Å²) >= 11 is 1.45. The van der Waals surface area contributed by atoms with E-state index in [0.29, 0.717) is 0 Å². The zero-order valence-electron chi connectivity index (χ0n) is 12.4. The summed E-state index contributed by atoms with van der Waals surface area (Å²) in [6, 6.07) is 8.34. The van der Waals surface area contributed by atoms with Gasteiger partial charge in [-0.15, -0.1) is 10.2 Å². The molecule has 0 saturated carbocycles. The normalized spacial score (nSPS) is 18.6. The quantitative estimate of drug-likeness (QED) is 0.816. The lowest BCUT2D eigenvalue weighted by Crippen LogP contribution is -2.40. The first-order valence-electron chi connectivity index (χ1n) is 6.99. The molecular formula is C15H18N4OS. The van der Waals surface area contributed by atoms with Crippen LogP contribution >= 0.6 is 11.8 Å². The predicted molar refractivity (Wildman–Crippen MR) is 83.4 cm³/mol. The van der Waals surface area contributed by atoms with Gasteiger partial charge in [-0.1, -0.05) is 30.0 Å². The molecular weight excluding hydrogens is 284 g/mol. The number of anilines is 1. The first-order valence-corrected chi connectivity index (χ1v) is 7.87. The standard InChI is InChI=1S/C15H18N4OS/c1-10-8-12-6-4-5-7-13(12)19(10)14(20)11(2)21-15-17-16-9-18(15)3/h4-7,9-11H,8H2,1-3H3/t10-,11+/m1/s1. The molecule has 0 spiro atoms. The van der Waals surface area contributed by atoms with Gasteiger partial charge in [0.2, 0.25) is 5.91 Å². The minimum atomic E-state index is -0.193. The zero-order valence-corrected chi connectivity index (χ0v) is 13.2. The SMILES string of the molecule is C[C@H](Sc1nncn1C)C(=O)N1c2ccccc2C[C@H]1C. The predicted octanol–water partition coefficient (Wildman–Crippen LogP) is 2.27. The van der Waals surface area contributed by atoms with Gasteiger partial charge in [0.05, 0.1) is 5.25 Å². The zero-order chi connectivity index (χ0) is 15.0. The molecule has 1 aliphatic rings. The fourth-order valence-electron chi connectivity index (χ4n) is 2.69. The lowest BCUT2D eigenvalue weighted by atomic mass is 10.1. The average molecular weight is 302 g/mol. The summed E-state index contributed by atoms with van der Waals surface area (Å²) in [6.07, 6.45) is 2.57. The summed E-state index contributed by atoms with van der Waals surface area (Å²) in [7, 11) is 1.88. The molecule has 110 valence electrons. The number of thioether (sulfide) groups is 1. The molecule has 0 unspecified atom stereocenters. The molecule has 5 nitrogen and oxygen atoms in total. The third kappa shape index (κ3) is 2.55. The van der Waals surface area contributed by atoms with E-state index in [2.05, 4.69) is 23.2 Å². The van der Waals surface area contributed by atoms with Gasteiger partial charge in [-0.3, -0.25) is 4.79 Å². The maximum absolute atomic E-state index is 12.8. The molecule has 0 bridgehead atoms. The Bertz CT molecular complexity index is 669. The van der Waals surface area contributed by atoms with Gasteiger partial charge in [0.15, 0.2) is 5.16 Å². The van der Waals surface area contributed by atoms with E-state index in [-0.39, 0.29) is 17.2 Å². The van der Waals surface area contributed by atoms with E-state index < -0.39 is 0 Å². The molecule has 0 fully saturated rings. The van der Waals surface area contributed by atoms with Crippen molar-refractivity contribution in [2.24, 2.45) is 7.05 Å². The summed E-state index contributed by atoms with van der Waals surface area (Å²) in [5, 5.41) is 8.45. The maximum Gasteiger partial charge on any atom is 0.240 e. The molecule has 0 radical (unpaired) electrons. The van der Waals surface area contributed by atoms with Crippen molar-refractivity contribution in [2.45, 2.75) is 36.7 Å². The van der Waals surface area contributed by atoms with Crippen LogP contribution in [0.2, 0.25) is 0 Å². The molecule has 2 atom stereocenters. The van der Waals surface area contributed by atoms with Crippen molar-refractivity contribution in [3.63, 3.8) is 0 Å². The molecule has 3 rings (SSSR count). The third-order valence-corrected chi connectivity index (χ3v) is 4.88. The number of hydrogen-bond acceptors (Lipinski definition) is 4. The number of aromatic nitrogens is 3. The number of fused-ring (bicyclic) bond motifs is 1. The lowest BCUT2D eigenvalue weighted by molar-refractivity contribution is -0.118.